The molecule has 2 atom stereocenters. The molecule has 0 saturated heterocycles. The molecule has 1 aromatic rings. The van der Waals surface area contributed by atoms with Gasteiger partial charge in [-0.15, -0.1) is 0 Å². The minimum atomic E-state index is -0.480. The van der Waals surface area contributed by atoms with Crippen LogP contribution < -0.4 is 4.74 Å². The Hall–Kier alpha value is -1.90. The van der Waals surface area contributed by atoms with E-state index in [0.29, 0.717) is 12.8 Å². The monoisotopic (exact) mass is 298 g/mol. The number of fused-ring (bicyclic) bond motifs is 1. The lowest BCUT2D eigenvalue weighted by Crippen LogP contribution is -2.46. The summed E-state index contributed by atoms with van der Waals surface area (Å²) in [7, 11) is 1.64. The van der Waals surface area contributed by atoms with Crippen molar-refractivity contribution in [3.63, 3.8) is 0 Å². The van der Waals surface area contributed by atoms with E-state index < -0.39 is 5.41 Å². The Balaban J connectivity index is 1.87. The molecule has 0 unspecified atom stereocenters. The first kappa shape index (κ1) is 15.0. The topological polar surface area (TPSA) is 43.4 Å². The smallest absolute Gasteiger partial charge is 0.165 e. The van der Waals surface area contributed by atoms with Crippen LogP contribution in [0.15, 0.2) is 29.8 Å². The van der Waals surface area contributed by atoms with Gasteiger partial charge in [-0.05, 0) is 55.0 Å². The van der Waals surface area contributed by atoms with E-state index in [1.807, 2.05) is 37.3 Å². The highest BCUT2D eigenvalue weighted by Gasteiger charge is 2.49. The maximum Gasteiger partial charge on any atom is 0.165 e. The molecule has 0 spiro atoms. The highest BCUT2D eigenvalue weighted by molar-refractivity contribution is 6.07. The molecule has 0 heterocycles. The zero-order chi connectivity index (χ0) is 15.7. The van der Waals surface area contributed by atoms with Gasteiger partial charge in [-0.1, -0.05) is 19.1 Å². The first-order valence-electron chi connectivity index (χ1n) is 7.97. The number of benzene rings is 1. The maximum absolute atomic E-state index is 12.9. The molecular formula is C19H22O3. The van der Waals surface area contributed by atoms with E-state index in [1.54, 1.807) is 7.11 Å². The van der Waals surface area contributed by atoms with Crippen molar-refractivity contribution in [3.05, 3.63) is 35.4 Å². The van der Waals surface area contributed by atoms with Crippen molar-refractivity contribution in [2.24, 2.45) is 11.3 Å². The predicted octanol–water partition coefficient (Wildman–Crippen LogP) is 3.82. The Morgan fingerprint density at radius 1 is 1.18 bits per heavy atom. The molecule has 0 N–H and O–H groups in total. The highest BCUT2D eigenvalue weighted by Crippen LogP contribution is 2.48. The molecule has 0 aromatic heterocycles. The van der Waals surface area contributed by atoms with Crippen molar-refractivity contribution in [3.8, 4) is 5.75 Å². The summed E-state index contributed by atoms with van der Waals surface area (Å²) in [4.78, 5) is 25.0. The lowest BCUT2D eigenvalue weighted by Gasteiger charge is -2.43. The number of carbonyl (C=O) groups is 2. The Bertz CT molecular complexity index is 627. The number of Topliss-reactive ketones (excluding diaryl/α,β-unsaturated/α-hetero) is 2. The van der Waals surface area contributed by atoms with Crippen LogP contribution in [0.3, 0.4) is 0 Å². The second kappa shape index (κ2) is 5.71. The van der Waals surface area contributed by atoms with Gasteiger partial charge in [0.25, 0.3) is 0 Å². The van der Waals surface area contributed by atoms with E-state index in [-0.39, 0.29) is 17.5 Å². The Labute approximate surface area is 131 Å². The number of allylic oxidation sites excluding steroid dienone is 1. The summed E-state index contributed by atoms with van der Waals surface area (Å²) in [6.45, 7) is 1.98. The molecule has 22 heavy (non-hydrogen) atoms. The summed E-state index contributed by atoms with van der Waals surface area (Å²) in [6, 6.07) is 7.71. The molecule has 2 aliphatic carbocycles. The van der Waals surface area contributed by atoms with Crippen molar-refractivity contribution < 1.29 is 14.3 Å². The predicted molar refractivity (Wildman–Crippen MR) is 85.7 cm³/mol. The number of hydrogen-bond acceptors (Lipinski definition) is 3. The molecule has 3 nitrogen and oxygen atoms in total. The van der Waals surface area contributed by atoms with Gasteiger partial charge >= 0.3 is 0 Å². The quantitative estimate of drug-likeness (QED) is 0.780. The lowest BCUT2D eigenvalue weighted by atomic mass is 9.58. The molecule has 116 valence electrons. The Morgan fingerprint density at radius 2 is 1.91 bits per heavy atom. The average Bonchev–Trinajstić information content (AvgIpc) is 2.52. The average molecular weight is 298 g/mol. The second-order valence-electron chi connectivity index (χ2n) is 6.60. The number of ether oxygens (including phenoxy) is 1. The Kier molecular flexibility index (Phi) is 3.90. The van der Waals surface area contributed by atoms with Crippen LogP contribution in [0.5, 0.6) is 5.75 Å². The molecule has 3 heteroatoms. The zero-order valence-corrected chi connectivity index (χ0v) is 13.2. The van der Waals surface area contributed by atoms with Crippen LogP contribution >= 0.6 is 0 Å². The zero-order valence-electron chi connectivity index (χ0n) is 13.2. The molecule has 3 rings (SSSR count). The van der Waals surface area contributed by atoms with Crippen LogP contribution in [0.1, 0.15) is 44.6 Å². The normalized spacial score (nSPS) is 30.3. The van der Waals surface area contributed by atoms with Crippen molar-refractivity contribution in [1.29, 1.82) is 0 Å². The van der Waals surface area contributed by atoms with E-state index in [4.69, 9.17) is 4.74 Å². The highest BCUT2D eigenvalue weighted by atomic mass is 16.5. The summed E-state index contributed by atoms with van der Waals surface area (Å²) in [5.74, 6) is 1.20. The van der Waals surface area contributed by atoms with Gasteiger partial charge in [-0.25, -0.2) is 0 Å². The summed E-state index contributed by atoms with van der Waals surface area (Å²) >= 11 is 0. The number of methoxy groups -OCH3 is 1. The number of rotatable bonds is 2. The van der Waals surface area contributed by atoms with E-state index in [9.17, 15) is 9.59 Å². The van der Waals surface area contributed by atoms with Crippen molar-refractivity contribution in [2.75, 3.05) is 7.11 Å². The molecule has 2 aliphatic rings. The molecule has 0 amide bonds. The summed E-state index contributed by atoms with van der Waals surface area (Å²) in [5.41, 5.74) is 1.39. The first-order valence-corrected chi connectivity index (χ1v) is 7.97. The van der Waals surface area contributed by atoms with Gasteiger partial charge in [0.1, 0.15) is 11.5 Å². The van der Waals surface area contributed by atoms with Crippen LogP contribution in [0, 0.1) is 11.3 Å². The van der Waals surface area contributed by atoms with Gasteiger partial charge in [0.05, 0.1) is 7.11 Å². The summed E-state index contributed by atoms with van der Waals surface area (Å²) in [5, 5.41) is 0. The van der Waals surface area contributed by atoms with Gasteiger partial charge < -0.3 is 4.74 Å². The van der Waals surface area contributed by atoms with E-state index >= 15 is 0 Å². The van der Waals surface area contributed by atoms with Crippen molar-refractivity contribution >= 4 is 17.6 Å². The molecule has 2 saturated carbocycles. The van der Waals surface area contributed by atoms with E-state index in [1.165, 1.54) is 0 Å². The third-order valence-corrected chi connectivity index (χ3v) is 5.25. The fraction of sp³-hybridized carbons (Fsp3) is 0.474. The van der Waals surface area contributed by atoms with Crippen LogP contribution in [0.4, 0.5) is 0 Å². The van der Waals surface area contributed by atoms with E-state index in [2.05, 4.69) is 0 Å². The standard InChI is InChI=1S/C19H22O3/c1-19-11-3-4-17(20)16(19)10-7-14(18(19)21)12-13-5-8-15(22-2)9-6-13/h5-6,8-9,12,16H,3-4,7,10-11H2,1-2H3/b14-12-/t16-,19-/m0/s1. The van der Waals surface area contributed by atoms with Crippen LogP contribution in [-0.4, -0.2) is 18.7 Å². The van der Waals surface area contributed by atoms with Gasteiger partial charge in [0, 0.05) is 17.8 Å². The van der Waals surface area contributed by atoms with Crippen molar-refractivity contribution in [1.82, 2.24) is 0 Å². The number of carbonyl (C=O) groups excluding carboxylic acids is 2. The minimum Gasteiger partial charge on any atom is -0.497 e. The minimum absolute atomic E-state index is 0.0678. The molecule has 0 radical (unpaired) electrons. The molecule has 2 fully saturated rings. The van der Waals surface area contributed by atoms with Crippen LogP contribution in [-0.2, 0) is 9.59 Å². The SMILES string of the molecule is COc1ccc(/C=C2/CC[C@H]3C(=O)CCC[C@]3(C)C2=O)cc1. The largest absolute Gasteiger partial charge is 0.497 e. The van der Waals surface area contributed by atoms with Gasteiger partial charge in [0.2, 0.25) is 0 Å². The third-order valence-electron chi connectivity index (χ3n) is 5.25. The third kappa shape index (κ3) is 2.49. The van der Waals surface area contributed by atoms with Gasteiger partial charge in [0.15, 0.2) is 5.78 Å². The molecule has 0 bridgehead atoms. The molecular weight excluding hydrogens is 276 g/mol. The first-order chi connectivity index (χ1) is 10.5. The summed E-state index contributed by atoms with van der Waals surface area (Å²) < 4.78 is 5.15. The number of hydrogen-bond donors (Lipinski definition) is 0. The Morgan fingerprint density at radius 3 is 2.59 bits per heavy atom. The second-order valence-corrected chi connectivity index (χ2v) is 6.60. The molecule has 0 aliphatic heterocycles. The maximum atomic E-state index is 12.9. The lowest BCUT2D eigenvalue weighted by molar-refractivity contribution is -0.142. The van der Waals surface area contributed by atoms with Gasteiger partial charge in [-0.3, -0.25) is 9.59 Å². The van der Waals surface area contributed by atoms with Gasteiger partial charge in [-0.2, -0.15) is 0 Å². The fourth-order valence-electron chi connectivity index (χ4n) is 3.90. The van der Waals surface area contributed by atoms with Crippen LogP contribution in [0.2, 0.25) is 0 Å². The summed E-state index contributed by atoms with van der Waals surface area (Å²) in [6.07, 6.45) is 5.81. The fourth-order valence-corrected chi connectivity index (χ4v) is 3.90. The van der Waals surface area contributed by atoms with Crippen LogP contribution in [0.25, 0.3) is 6.08 Å². The van der Waals surface area contributed by atoms with Crippen molar-refractivity contribution in [2.45, 2.75) is 39.0 Å². The van der Waals surface area contributed by atoms with E-state index in [0.717, 1.165) is 36.1 Å². The molecule has 1 aromatic carbocycles. The number of ketones is 2.